The van der Waals surface area contributed by atoms with Crippen molar-refractivity contribution in [1.82, 2.24) is 14.6 Å². The number of pyridine rings is 1. The van der Waals surface area contributed by atoms with E-state index >= 15 is 0 Å². The van der Waals surface area contributed by atoms with Crippen LogP contribution < -0.4 is 5.32 Å². The molecule has 0 saturated heterocycles. The molecule has 0 radical (unpaired) electrons. The van der Waals surface area contributed by atoms with Crippen molar-refractivity contribution in [2.24, 2.45) is 0 Å². The third-order valence-corrected chi connectivity index (χ3v) is 3.92. The summed E-state index contributed by atoms with van der Waals surface area (Å²) in [5, 5.41) is 9.98. The summed E-state index contributed by atoms with van der Waals surface area (Å²) in [5.74, 6) is -2.80. The molecule has 0 aliphatic carbocycles. The van der Waals surface area contributed by atoms with Gasteiger partial charge in [-0.1, -0.05) is 0 Å². The number of esters is 3. The normalized spacial score (nSPS) is 10.3. The second-order valence-electron chi connectivity index (χ2n) is 5.92. The van der Waals surface area contributed by atoms with Crippen molar-refractivity contribution in [2.75, 3.05) is 26.1 Å². The van der Waals surface area contributed by atoms with Crippen molar-refractivity contribution < 1.29 is 33.4 Å². The zero-order valence-electron chi connectivity index (χ0n) is 15.9. The minimum absolute atomic E-state index is 0.0370. The van der Waals surface area contributed by atoms with Gasteiger partial charge in [-0.3, -0.25) is 9.20 Å². The van der Waals surface area contributed by atoms with E-state index in [2.05, 4.69) is 25.0 Å². The molecule has 0 spiro atoms. The van der Waals surface area contributed by atoms with Crippen molar-refractivity contribution in [2.45, 2.75) is 0 Å². The fourth-order valence-electron chi connectivity index (χ4n) is 2.53. The lowest BCUT2D eigenvalue weighted by molar-refractivity contribution is -0.119. The Kier molecular flexibility index (Phi) is 6.01. The molecule has 154 valence electrons. The highest BCUT2D eigenvalue weighted by atomic mass is 16.5. The second kappa shape index (κ2) is 8.82. The molecule has 0 fully saturated rings. The molecule has 3 aromatic rings. The number of hydrogen-bond acceptors (Lipinski definition) is 9. The smallest absolute Gasteiger partial charge is 0.340 e. The molecule has 2 heterocycles. The molecular formula is C19H16N4O7. The monoisotopic (exact) mass is 412 g/mol. The predicted molar refractivity (Wildman–Crippen MR) is 101 cm³/mol. The van der Waals surface area contributed by atoms with Gasteiger partial charge in [-0.05, 0) is 30.3 Å². The number of rotatable bonds is 6. The Balaban J connectivity index is 1.68. The molecule has 0 unspecified atom stereocenters. The Morgan fingerprint density at radius 2 is 1.60 bits per heavy atom. The molecule has 0 atom stereocenters. The van der Waals surface area contributed by atoms with Crippen LogP contribution in [0.2, 0.25) is 0 Å². The van der Waals surface area contributed by atoms with Gasteiger partial charge in [0.05, 0.1) is 30.9 Å². The first kappa shape index (κ1) is 20.5. The molecule has 1 aromatic carbocycles. The van der Waals surface area contributed by atoms with Crippen molar-refractivity contribution in [3.05, 3.63) is 59.5 Å². The first-order valence-corrected chi connectivity index (χ1v) is 8.49. The first-order chi connectivity index (χ1) is 14.4. The van der Waals surface area contributed by atoms with Gasteiger partial charge in [0, 0.05) is 11.9 Å². The molecule has 0 aliphatic heterocycles. The third kappa shape index (κ3) is 4.58. The third-order valence-electron chi connectivity index (χ3n) is 3.92. The molecule has 1 N–H and O–H groups in total. The van der Waals surface area contributed by atoms with Crippen LogP contribution in [0.1, 0.15) is 31.1 Å². The lowest BCUT2D eigenvalue weighted by atomic mass is 10.1. The summed E-state index contributed by atoms with van der Waals surface area (Å²) in [7, 11) is 2.37. The average Bonchev–Trinajstić information content (AvgIpc) is 3.23. The first-order valence-electron chi connectivity index (χ1n) is 8.49. The maximum Gasteiger partial charge on any atom is 0.340 e. The van der Waals surface area contributed by atoms with Gasteiger partial charge in [0.15, 0.2) is 12.3 Å². The molecule has 11 nitrogen and oxygen atoms in total. The lowest BCUT2D eigenvalue weighted by Crippen LogP contribution is -2.21. The highest BCUT2D eigenvalue weighted by molar-refractivity contribution is 6.00. The maximum atomic E-state index is 12.2. The van der Waals surface area contributed by atoms with E-state index in [9.17, 15) is 19.2 Å². The van der Waals surface area contributed by atoms with Gasteiger partial charge in [0.1, 0.15) is 6.33 Å². The largest absolute Gasteiger partial charge is 0.465 e. The number of ether oxygens (including phenoxy) is 3. The number of benzene rings is 1. The van der Waals surface area contributed by atoms with Crippen LogP contribution in [0.5, 0.6) is 0 Å². The van der Waals surface area contributed by atoms with Crippen LogP contribution in [0, 0.1) is 0 Å². The fourth-order valence-corrected chi connectivity index (χ4v) is 2.53. The number of hydrogen-bond donors (Lipinski definition) is 1. The van der Waals surface area contributed by atoms with Crippen LogP contribution in [0.25, 0.3) is 5.65 Å². The Bertz CT molecular complexity index is 1100. The molecule has 0 aliphatic rings. The number of methoxy groups -OCH3 is 2. The van der Waals surface area contributed by atoms with Crippen molar-refractivity contribution in [1.29, 1.82) is 0 Å². The Labute approximate surface area is 169 Å². The van der Waals surface area contributed by atoms with Crippen LogP contribution in [-0.4, -0.2) is 59.2 Å². The molecule has 0 bridgehead atoms. The number of amides is 1. The number of nitrogens with one attached hydrogen (secondary N) is 1. The SMILES string of the molecule is COC(=O)c1cc(NC(=O)COC(=O)c2ccc3nncn3c2)cc(C(=O)OC)c1. The van der Waals surface area contributed by atoms with Gasteiger partial charge in [-0.25, -0.2) is 14.4 Å². The Morgan fingerprint density at radius 3 is 2.23 bits per heavy atom. The van der Waals surface area contributed by atoms with Crippen LogP contribution >= 0.6 is 0 Å². The summed E-state index contributed by atoms with van der Waals surface area (Å²) < 4.78 is 15.8. The van der Waals surface area contributed by atoms with Gasteiger partial charge in [-0.15, -0.1) is 10.2 Å². The average molecular weight is 412 g/mol. The van der Waals surface area contributed by atoms with E-state index in [1.54, 1.807) is 6.07 Å². The Hall–Kier alpha value is -4.28. The number of carbonyl (C=O) groups excluding carboxylic acids is 4. The fraction of sp³-hybridized carbons (Fsp3) is 0.158. The quantitative estimate of drug-likeness (QED) is 0.466. The van der Waals surface area contributed by atoms with Gasteiger partial charge in [-0.2, -0.15) is 0 Å². The lowest BCUT2D eigenvalue weighted by Gasteiger charge is -2.10. The molecule has 2 aromatic heterocycles. The number of carbonyl (C=O) groups is 4. The van der Waals surface area contributed by atoms with E-state index < -0.39 is 30.4 Å². The van der Waals surface area contributed by atoms with Gasteiger partial charge in [0.2, 0.25) is 0 Å². The van der Waals surface area contributed by atoms with Gasteiger partial charge >= 0.3 is 17.9 Å². The minimum Gasteiger partial charge on any atom is -0.465 e. The predicted octanol–water partition coefficient (Wildman–Crippen LogP) is 1.10. The van der Waals surface area contributed by atoms with E-state index in [0.29, 0.717) is 5.65 Å². The van der Waals surface area contributed by atoms with E-state index in [1.807, 2.05) is 0 Å². The molecule has 0 saturated carbocycles. The minimum atomic E-state index is -0.723. The number of anilines is 1. The maximum absolute atomic E-state index is 12.2. The van der Waals surface area contributed by atoms with E-state index in [0.717, 1.165) is 0 Å². The van der Waals surface area contributed by atoms with E-state index in [4.69, 9.17) is 4.74 Å². The number of nitrogens with zero attached hydrogens (tertiary/aromatic N) is 3. The summed E-state index contributed by atoms with van der Waals surface area (Å²) in [4.78, 5) is 47.9. The number of fused-ring (bicyclic) bond motifs is 1. The van der Waals surface area contributed by atoms with E-state index in [-0.39, 0.29) is 22.4 Å². The van der Waals surface area contributed by atoms with Crippen molar-refractivity contribution >= 4 is 35.1 Å². The highest BCUT2D eigenvalue weighted by Gasteiger charge is 2.16. The molecular weight excluding hydrogens is 396 g/mol. The molecule has 30 heavy (non-hydrogen) atoms. The molecule has 1 amide bonds. The standard InChI is InChI=1S/C19H16N4O7/c1-28-17(25)12-5-13(18(26)29-2)7-14(6-12)21-16(24)9-30-19(27)11-3-4-15-22-20-10-23(15)8-11/h3-8,10H,9H2,1-2H3,(H,21,24). The molecule has 11 heteroatoms. The van der Waals surface area contributed by atoms with Gasteiger partial charge < -0.3 is 19.5 Å². The summed E-state index contributed by atoms with van der Waals surface area (Å²) >= 11 is 0. The summed E-state index contributed by atoms with van der Waals surface area (Å²) in [6.45, 7) is -0.588. The zero-order chi connectivity index (χ0) is 21.7. The van der Waals surface area contributed by atoms with Crippen molar-refractivity contribution in [3.8, 4) is 0 Å². The summed E-state index contributed by atoms with van der Waals surface area (Å²) in [6, 6.07) is 6.98. The van der Waals surface area contributed by atoms with Crippen molar-refractivity contribution in [3.63, 3.8) is 0 Å². The van der Waals surface area contributed by atoms with E-state index in [1.165, 1.54) is 55.4 Å². The Morgan fingerprint density at radius 1 is 0.933 bits per heavy atom. The topological polar surface area (TPSA) is 138 Å². The van der Waals surface area contributed by atoms with Crippen LogP contribution in [0.15, 0.2) is 42.9 Å². The summed E-state index contributed by atoms with van der Waals surface area (Å²) in [6.07, 6.45) is 2.89. The highest BCUT2D eigenvalue weighted by Crippen LogP contribution is 2.17. The molecule has 3 rings (SSSR count). The van der Waals surface area contributed by atoms with Crippen LogP contribution in [0.4, 0.5) is 5.69 Å². The van der Waals surface area contributed by atoms with Crippen LogP contribution in [-0.2, 0) is 19.0 Å². The van der Waals surface area contributed by atoms with Gasteiger partial charge in [0.25, 0.3) is 5.91 Å². The van der Waals surface area contributed by atoms with Crippen LogP contribution in [0.3, 0.4) is 0 Å². The number of aromatic nitrogens is 3. The zero-order valence-corrected chi connectivity index (χ0v) is 15.9. The summed E-state index contributed by atoms with van der Waals surface area (Å²) in [5.41, 5.74) is 0.960. The second-order valence-corrected chi connectivity index (χ2v) is 5.92.